The summed E-state index contributed by atoms with van der Waals surface area (Å²) in [6.07, 6.45) is 1.80. The van der Waals surface area contributed by atoms with Crippen LogP contribution in [0.15, 0.2) is 30.3 Å². The van der Waals surface area contributed by atoms with Crippen molar-refractivity contribution >= 4 is 17.5 Å². The molecule has 0 saturated carbocycles. The summed E-state index contributed by atoms with van der Waals surface area (Å²) >= 11 is 0. The molecule has 1 aromatic heterocycles. The molecule has 7 heteroatoms. The largest absolute Gasteiger partial charge is 0.491 e. The lowest BCUT2D eigenvalue weighted by Crippen LogP contribution is -2.39. The number of carbonyl (C=O) groups is 2. The summed E-state index contributed by atoms with van der Waals surface area (Å²) in [6, 6.07) is 9.10. The number of pyridine rings is 1. The number of amides is 2. The van der Waals surface area contributed by atoms with Gasteiger partial charge in [0, 0.05) is 24.3 Å². The molecule has 1 saturated heterocycles. The van der Waals surface area contributed by atoms with Crippen molar-refractivity contribution in [3.05, 3.63) is 47.3 Å². The molecule has 0 atom stereocenters. The molecule has 0 radical (unpaired) electrons. The zero-order valence-electron chi connectivity index (χ0n) is 16.7. The van der Waals surface area contributed by atoms with E-state index in [0.29, 0.717) is 42.6 Å². The standard InChI is InChI=1S/C22H25N3O4/c1-14-3-5-19(15(2)23-14)28-12-16-7-9-25(10-8-16)22(27)17-4-6-20-18(11-17)24-21(26)13-29-20/h3-6,11,16H,7-10,12-13H2,1-2H3,(H,24,26). The maximum absolute atomic E-state index is 12.9. The van der Waals surface area contributed by atoms with Crippen molar-refractivity contribution in [1.82, 2.24) is 9.88 Å². The number of nitrogens with one attached hydrogen (secondary N) is 1. The van der Waals surface area contributed by atoms with Gasteiger partial charge in [-0.15, -0.1) is 0 Å². The zero-order valence-corrected chi connectivity index (χ0v) is 16.7. The van der Waals surface area contributed by atoms with Gasteiger partial charge in [-0.2, -0.15) is 0 Å². The second-order valence-electron chi connectivity index (χ2n) is 7.63. The van der Waals surface area contributed by atoms with Crippen molar-refractivity contribution in [2.45, 2.75) is 26.7 Å². The van der Waals surface area contributed by atoms with Gasteiger partial charge < -0.3 is 19.7 Å². The minimum absolute atomic E-state index is 0.00799. The molecule has 3 heterocycles. The highest BCUT2D eigenvalue weighted by atomic mass is 16.5. The number of rotatable bonds is 4. The van der Waals surface area contributed by atoms with E-state index in [0.717, 1.165) is 30.0 Å². The Morgan fingerprint density at radius 3 is 2.79 bits per heavy atom. The Hall–Kier alpha value is -3.09. The number of piperidine rings is 1. The third-order valence-electron chi connectivity index (χ3n) is 5.41. The van der Waals surface area contributed by atoms with Gasteiger partial charge in [-0.3, -0.25) is 14.6 Å². The van der Waals surface area contributed by atoms with Crippen molar-refractivity contribution in [3.8, 4) is 11.5 Å². The van der Waals surface area contributed by atoms with Crippen LogP contribution in [0.25, 0.3) is 0 Å². The number of likely N-dealkylation sites (tertiary alicyclic amines) is 1. The number of fused-ring (bicyclic) bond motifs is 1. The molecule has 0 unspecified atom stereocenters. The van der Waals surface area contributed by atoms with Crippen LogP contribution in [-0.4, -0.2) is 48.0 Å². The zero-order chi connectivity index (χ0) is 20.4. The first-order chi connectivity index (χ1) is 14.0. The van der Waals surface area contributed by atoms with E-state index in [1.807, 2.05) is 30.9 Å². The van der Waals surface area contributed by atoms with E-state index in [9.17, 15) is 9.59 Å². The van der Waals surface area contributed by atoms with E-state index < -0.39 is 0 Å². The topological polar surface area (TPSA) is 80.8 Å². The number of carbonyl (C=O) groups excluding carboxylic acids is 2. The van der Waals surface area contributed by atoms with Crippen molar-refractivity contribution in [3.63, 3.8) is 0 Å². The van der Waals surface area contributed by atoms with Gasteiger partial charge in [0.05, 0.1) is 18.0 Å². The summed E-state index contributed by atoms with van der Waals surface area (Å²) < 4.78 is 11.3. The molecule has 0 aliphatic carbocycles. The monoisotopic (exact) mass is 395 g/mol. The second-order valence-corrected chi connectivity index (χ2v) is 7.63. The number of ether oxygens (including phenoxy) is 2. The summed E-state index contributed by atoms with van der Waals surface area (Å²) in [5.74, 6) is 1.61. The Balaban J connectivity index is 1.32. The quantitative estimate of drug-likeness (QED) is 0.861. The van der Waals surface area contributed by atoms with Crippen LogP contribution in [0.3, 0.4) is 0 Å². The van der Waals surface area contributed by atoms with Gasteiger partial charge in [-0.1, -0.05) is 0 Å². The van der Waals surface area contributed by atoms with Crippen LogP contribution < -0.4 is 14.8 Å². The lowest BCUT2D eigenvalue weighted by molar-refractivity contribution is -0.118. The molecule has 1 N–H and O–H groups in total. The minimum Gasteiger partial charge on any atom is -0.491 e. The van der Waals surface area contributed by atoms with Gasteiger partial charge in [-0.25, -0.2) is 0 Å². The lowest BCUT2D eigenvalue weighted by Gasteiger charge is -2.32. The fourth-order valence-corrected chi connectivity index (χ4v) is 3.74. The van der Waals surface area contributed by atoms with E-state index >= 15 is 0 Å². The molecule has 2 aromatic rings. The summed E-state index contributed by atoms with van der Waals surface area (Å²) in [5, 5.41) is 2.75. The third kappa shape index (κ3) is 4.34. The molecule has 1 fully saturated rings. The highest BCUT2D eigenvalue weighted by Crippen LogP contribution is 2.29. The maximum atomic E-state index is 12.9. The van der Waals surface area contributed by atoms with E-state index in [2.05, 4.69) is 10.3 Å². The van der Waals surface area contributed by atoms with Gasteiger partial charge in [0.25, 0.3) is 11.8 Å². The first kappa shape index (κ1) is 19.2. The molecule has 152 valence electrons. The first-order valence-electron chi connectivity index (χ1n) is 9.92. The van der Waals surface area contributed by atoms with Crippen LogP contribution in [0.5, 0.6) is 11.5 Å². The molecule has 0 spiro atoms. The van der Waals surface area contributed by atoms with Crippen molar-refractivity contribution in [1.29, 1.82) is 0 Å². The number of hydrogen-bond acceptors (Lipinski definition) is 5. The summed E-state index contributed by atoms with van der Waals surface area (Å²) in [6.45, 7) is 5.95. The molecule has 0 bridgehead atoms. The van der Waals surface area contributed by atoms with E-state index in [4.69, 9.17) is 9.47 Å². The normalized spacial score (nSPS) is 16.6. The molecular weight excluding hydrogens is 370 g/mol. The highest BCUT2D eigenvalue weighted by molar-refractivity contribution is 5.99. The third-order valence-corrected chi connectivity index (χ3v) is 5.41. The molecule has 7 nitrogen and oxygen atoms in total. The Bertz CT molecular complexity index is 936. The van der Waals surface area contributed by atoms with Gasteiger partial charge in [0.2, 0.25) is 0 Å². The average molecular weight is 395 g/mol. The maximum Gasteiger partial charge on any atom is 0.262 e. The fraction of sp³-hybridized carbons (Fsp3) is 0.409. The van der Waals surface area contributed by atoms with Crippen LogP contribution in [0.1, 0.15) is 34.6 Å². The highest BCUT2D eigenvalue weighted by Gasteiger charge is 2.25. The predicted molar refractivity (Wildman–Crippen MR) is 108 cm³/mol. The molecule has 2 amide bonds. The fourth-order valence-electron chi connectivity index (χ4n) is 3.74. The lowest BCUT2D eigenvalue weighted by atomic mass is 9.97. The first-order valence-corrected chi connectivity index (χ1v) is 9.92. The molecule has 2 aliphatic heterocycles. The van der Waals surface area contributed by atoms with Gasteiger partial charge in [0.15, 0.2) is 6.61 Å². The number of hydrogen-bond donors (Lipinski definition) is 1. The van der Waals surface area contributed by atoms with Crippen LogP contribution >= 0.6 is 0 Å². The van der Waals surface area contributed by atoms with Crippen LogP contribution in [0.4, 0.5) is 5.69 Å². The van der Waals surface area contributed by atoms with E-state index in [1.165, 1.54) is 0 Å². The van der Waals surface area contributed by atoms with Crippen LogP contribution in [0.2, 0.25) is 0 Å². The summed E-state index contributed by atoms with van der Waals surface area (Å²) in [7, 11) is 0. The number of benzene rings is 1. The van der Waals surface area contributed by atoms with Crippen molar-refractivity contribution in [2.75, 3.05) is 31.6 Å². The van der Waals surface area contributed by atoms with Crippen molar-refractivity contribution in [2.24, 2.45) is 5.92 Å². The predicted octanol–water partition coefficient (Wildman–Crippen LogP) is 2.96. The average Bonchev–Trinajstić information content (AvgIpc) is 2.72. The van der Waals surface area contributed by atoms with Gasteiger partial charge >= 0.3 is 0 Å². The molecule has 4 rings (SSSR count). The number of aryl methyl sites for hydroxylation is 2. The Morgan fingerprint density at radius 2 is 2.03 bits per heavy atom. The summed E-state index contributed by atoms with van der Waals surface area (Å²) in [5.41, 5.74) is 3.00. The molecular formula is C22H25N3O4. The Kier molecular flexibility index (Phi) is 5.38. The SMILES string of the molecule is Cc1ccc(OCC2CCN(C(=O)c3ccc4c(c3)NC(=O)CO4)CC2)c(C)n1. The molecule has 2 aliphatic rings. The molecule has 29 heavy (non-hydrogen) atoms. The Labute approximate surface area is 170 Å². The number of aromatic nitrogens is 1. The smallest absolute Gasteiger partial charge is 0.262 e. The number of anilines is 1. The van der Waals surface area contributed by atoms with Gasteiger partial charge in [-0.05, 0) is 62.9 Å². The minimum atomic E-state index is -0.207. The van der Waals surface area contributed by atoms with E-state index in [-0.39, 0.29) is 18.4 Å². The van der Waals surface area contributed by atoms with Crippen molar-refractivity contribution < 1.29 is 19.1 Å². The molecule has 1 aromatic carbocycles. The number of nitrogens with zero attached hydrogens (tertiary/aromatic N) is 2. The summed E-state index contributed by atoms with van der Waals surface area (Å²) in [4.78, 5) is 30.7. The van der Waals surface area contributed by atoms with Crippen LogP contribution in [-0.2, 0) is 4.79 Å². The van der Waals surface area contributed by atoms with E-state index in [1.54, 1.807) is 18.2 Å². The second kappa shape index (κ2) is 8.11. The van der Waals surface area contributed by atoms with Crippen LogP contribution in [0, 0.1) is 19.8 Å². The van der Waals surface area contributed by atoms with Gasteiger partial charge in [0.1, 0.15) is 11.5 Å². The Morgan fingerprint density at radius 1 is 1.24 bits per heavy atom.